The lowest BCUT2D eigenvalue weighted by molar-refractivity contribution is -0.137. The zero-order valence-electron chi connectivity index (χ0n) is 15.6. The van der Waals surface area contributed by atoms with Gasteiger partial charge in [-0.25, -0.2) is 0 Å². The summed E-state index contributed by atoms with van der Waals surface area (Å²) >= 11 is 0. The van der Waals surface area contributed by atoms with Crippen LogP contribution in [0.25, 0.3) is 0 Å². The summed E-state index contributed by atoms with van der Waals surface area (Å²) < 4.78 is 0. The molecule has 3 aliphatic carbocycles. The summed E-state index contributed by atoms with van der Waals surface area (Å²) in [5, 5.41) is 29.5. The number of unbranched alkanes of at least 4 members (excludes halogenated alkanes) is 1. The summed E-state index contributed by atoms with van der Waals surface area (Å²) in [5.41, 5.74) is 1.42. The number of aliphatic hydroxyl groups is 2. The molecule has 5 atom stereocenters. The van der Waals surface area contributed by atoms with Gasteiger partial charge in [0.25, 0.3) is 0 Å². The normalized spacial score (nSPS) is 34.3. The highest BCUT2D eigenvalue weighted by Crippen LogP contribution is 2.51. The molecule has 0 aromatic heterocycles. The Labute approximate surface area is 156 Å². The van der Waals surface area contributed by atoms with Crippen LogP contribution in [0, 0.1) is 35.5 Å². The van der Waals surface area contributed by atoms with Gasteiger partial charge in [-0.3, -0.25) is 4.79 Å². The molecule has 3 N–H and O–H groups in total. The van der Waals surface area contributed by atoms with Crippen LogP contribution in [0.3, 0.4) is 0 Å². The van der Waals surface area contributed by atoms with Crippen molar-refractivity contribution in [2.75, 3.05) is 0 Å². The molecule has 0 amide bonds. The summed E-state index contributed by atoms with van der Waals surface area (Å²) in [5.74, 6) is 6.76. The van der Waals surface area contributed by atoms with Crippen LogP contribution in [0.4, 0.5) is 0 Å². The second-order valence-electron chi connectivity index (χ2n) is 8.34. The number of aliphatic carboxylic acids is 1. The molecule has 0 aromatic rings. The molecule has 1 unspecified atom stereocenters. The van der Waals surface area contributed by atoms with Crippen molar-refractivity contribution in [1.82, 2.24) is 0 Å². The van der Waals surface area contributed by atoms with Crippen LogP contribution in [0.5, 0.6) is 0 Å². The van der Waals surface area contributed by atoms with E-state index >= 15 is 0 Å². The third-order valence-corrected chi connectivity index (χ3v) is 6.61. The fraction of sp³-hybridized carbons (Fsp3) is 0.773. The molecule has 0 bridgehead atoms. The average molecular weight is 360 g/mol. The molecule has 3 fully saturated rings. The number of hydrogen-bond acceptors (Lipinski definition) is 3. The maximum absolute atomic E-state index is 10.6. The van der Waals surface area contributed by atoms with Crippen LogP contribution in [-0.2, 0) is 4.79 Å². The molecule has 0 aromatic carbocycles. The van der Waals surface area contributed by atoms with Gasteiger partial charge in [-0.05, 0) is 62.7 Å². The first-order chi connectivity index (χ1) is 12.6. The number of rotatable bonds is 5. The van der Waals surface area contributed by atoms with E-state index in [-0.39, 0.29) is 18.4 Å². The smallest absolute Gasteiger partial charge is 0.303 e. The molecule has 0 heterocycles. The zero-order chi connectivity index (χ0) is 18.5. The highest BCUT2D eigenvalue weighted by atomic mass is 16.4. The Kier molecular flexibility index (Phi) is 6.78. The number of aliphatic hydroxyl groups excluding tert-OH is 2. The van der Waals surface area contributed by atoms with Crippen LogP contribution in [0.2, 0.25) is 0 Å². The van der Waals surface area contributed by atoms with Gasteiger partial charge in [0.15, 0.2) is 0 Å². The fourth-order valence-corrected chi connectivity index (χ4v) is 5.00. The molecule has 0 aliphatic heterocycles. The van der Waals surface area contributed by atoms with Crippen LogP contribution in [0.1, 0.15) is 70.6 Å². The van der Waals surface area contributed by atoms with Crippen molar-refractivity contribution in [1.29, 1.82) is 0 Å². The highest BCUT2D eigenvalue weighted by molar-refractivity contribution is 5.66. The van der Waals surface area contributed by atoms with Gasteiger partial charge >= 0.3 is 5.97 Å². The topological polar surface area (TPSA) is 77.8 Å². The molecule has 144 valence electrons. The second-order valence-corrected chi connectivity index (χ2v) is 8.34. The lowest BCUT2D eigenvalue weighted by Gasteiger charge is -2.48. The second kappa shape index (κ2) is 9.06. The van der Waals surface area contributed by atoms with Crippen molar-refractivity contribution < 1.29 is 20.1 Å². The van der Waals surface area contributed by atoms with E-state index in [0.29, 0.717) is 24.2 Å². The minimum absolute atomic E-state index is 0.0249. The Morgan fingerprint density at radius 2 is 1.96 bits per heavy atom. The molecule has 4 heteroatoms. The van der Waals surface area contributed by atoms with Crippen molar-refractivity contribution in [3.8, 4) is 11.8 Å². The van der Waals surface area contributed by atoms with Crippen LogP contribution in [0.15, 0.2) is 11.6 Å². The summed E-state index contributed by atoms with van der Waals surface area (Å²) in [6.45, 7) is 0. The van der Waals surface area contributed by atoms with E-state index in [0.717, 1.165) is 38.5 Å². The van der Waals surface area contributed by atoms with E-state index in [1.54, 1.807) is 0 Å². The van der Waals surface area contributed by atoms with Gasteiger partial charge < -0.3 is 15.3 Å². The predicted octanol–water partition coefficient (Wildman–Crippen LogP) is 3.52. The lowest BCUT2D eigenvalue weighted by Crippen LogP contribution is -2.44. The minimum atomic E-state index is -0.734. The quantitative estimate of drug-likeness (QED) is 0.398. The van der Waals surface area contributed by atoms with E-state index in [9.17, 15) is 15.0 Å². The first kappa shape index (κ1) is 19.5. The molecule has 3 aliphatic rings. The number of hydrogen-bond donors (Lipinski definition) is 3. The number of carboxylic acids is 1. The molecule has 0 spiro atoms. The van der Waals surface area contributed by atoms with Crippen molar-refractivity contribution in [2.24, 2.45) is 23.7 Å². The number of allylic oxidation sites excluding steroid dienone is 2. The minimum Gasteiger partial charge on any atom is -0.481 e. The standard InChI is InChI=1S/C22H32O4/c23-20(15-6-2-1-3-7-15)12-11-18-19-14-16(8-4-5-9-22(25)26)17(19)10-13-21(18)24/h8,15,17-21,23-24H,1-7,9-10,13-14H2,(H,25,26)/t17-,18-,19+,20?,21-/m0/s1. The van der Waals surface area contributed by atoms with Crippen molar-refractivity contribution in [3.05, 3.63) is 11.6 Å². The molecule has 26 heavy (non-hydrogen) atoms. The summed E-state index contributed by atoms with van der Waals surface area (Å²) in [6.07, 6.45) is 11.5. The Morgan fingerprint density at radius 1 is 1.19 bits per heavy atom. The van der Waals surface area contributed by atoms with Crippen molar-refractivity contribution in [3.63, 3.8) is 0 Å². The van der Waals surface area contributed by atoms with Gasteiger partial charge in [-0.15, -0.1) is 0 Å². The van der Waals surface area contributed by atoms with Crippen LogP contribution >= 0.6 is 0 Å². The monoisotopic (exact) mass is 360 g/mol. The highest BCUT2D eigenvalue weighted by Gasteiger charge is 2.46. The molecule has 3 saturated carbocycles. The largest absolute Gasteiger partial charge is 0.481 e. The molecule has 4 nitrogen and oxygen atoms in total. The SMILES string of the molecule is O=C(O)CCCC=C1C[C@H]2[C@H](C#CC(O)C3CCCCC3)[C@@H](O)CC[C@@H]12. The van der Waals surface area contributed by atoms with Gasteiger partial charge in [0.05, 0.1) is 12.0 Å². The van der Waals surface area contributed by atoms with Gasteiger partial charge in [0.2, 0.25) is 0 Å². The predicted molar refractivity (Wildman–Crippen MR) is 100 cm³/mol. The maximum Gasteiger partial charge on any atom is 0.303 e. The molecular weight excluding hydrogens is 328 g/mol. The number of fused-ring (bicyclic) bond motifs is 1. The van der Waals surface area contributed by atoms with Crippen LogP contribution < -0.4 is 0 Å². The Hall–Kier alpha value is -1.31. The van der Waals surface area contributed by atoms with E-state index in [1.165, 1.54) is 24.8 Å². The zero-order valence-corrected chi connectivity index (χ0v) is 15.6. The van der Waals surface area contributed by atoms with Gasteiger partial charge in [-0.1, -0.05) is 42.8 Å². The Morgan fingerprint density at radius 3 is 2.69 bits per heavy atom. The summed E-state index contributed by atoms with van der Waals surface area (Å²) in [7, 11) is 0. The molecule has 0 radical (unpaired) electrons. The third-order valence-electron chi connectivity index (χ3n) is 6.61. The fourth-order valence-electron chi connectivity index (χ4n) is 5.00. The first-order valence-corrected chi connectivity index (χ1v) is 10.3. The summed E-state index contributed by atoms with van der Waals surface area (Å²) in [6, 6.07) is 0. The number of carbonyl (C=O) groups is 1. The van der Waals surface area contributed by atoms with Gasteiger partial charge in [0, 0.05) is 6.42 Å². The summed E-state index contributed by atoms with van der Waals surface area (Å²) in [4.78, 5) is 10.6. The number of carboxylic acid groups (broad SMARTS) is 1. The average Bonchev–Trinajstić information content (AvgIpc) is 2.62. The van der Waals surface area contributed by atoms with Crippen molar-refractivity contribution in [2.45, 2.75) is 82.8 Å². The third kappa shape index (κ3) is 4.69. The Balaban J connectivity index is 1.55. The van der Waals surface area contributed by atoms with Crippen LogP contribution in [-0.4, -0.2) is 33.5 Å². The molecule has 3 rings (SSSR count). The van der Waals surface area contributed by atoms with E-state index in [2.05, 4.69) is 17.9 Å². The van der Waals surface area contributed by atoms with Crippen molar-refractivity contribution >= 4 is 5.97 Å². The van der Waals surface area contributed by atoms with Gasteiger partial charge in [0.1, 0.15) is 6.10 Å². The van der Waals surface area contributed by atoms with E-state index in [4.69, 9.17) is 5.11 Å². The van der Waals surface area contributed by atoms with E-state index < -0.39 is 12.1 Å². The lowest BCUT2D eigenvalue weighted by atomic mass is 9.57. The van der Waals surface area contributed by atoms with E-state index in [1.807, 2.05) is 0 Å². The van der Waals surface area contributed by atoms with Gasteiger partial charge in [-0.2, -0.15) is 0 Å². The molecular formula is C22H32O4. The molecule has 0 saturated heterocycles. The Bertz CT molecular complexity index is 579. The maximum atomic E-state index is 10.6. The first-order valence-electron chi connectivity index (χ1n) is 10.3.